The van der Waals surface area contributed by atoms with Crippen LogP contribution in [0, 0.1) is 5.82 Å². The zero-order valence-electron chi connectivity index (χ0n) is 7.20. The molecule has 0 unspecified atom stereocenters. The molecule has 0 radical (unpaired) electrons. The van der Waals surface area contributed by atoms with Gasteiger partial charge < -0.3 is 0 Å². The smallest absolute Gasteiger partial charge is 0.161 e. The molecule has 82 valence electrons. The molecule has 0 saturated heterocycles. The van der Waals surface area contributed by atoms with E-state index in [1.807, 2.05) is 0 Å². The van der Waals surface area contributed by atoms with Crippen LogP contribution in [0.5, 0.6) is 0 Å². The second kappa shape index (κ2) is 5.12. The summed E-state index contributed by atoms with van der Waals surface area (Å²) >= 11 is 16.7. The summed E-state index contributed by atoms with van der Waals surface area (Å²) in [6, 6.07) is 0. The van der Waals surface area contributed by atoms with Crippen molar-refractivity contribution >= 4 is 46.2 Å². The summed E-state index contributed by atoms with van der Waals surface area (Å²) in [7, 11) is 0. The van der Waals surface area contributed by atoms with E-state index in [0.717, 1.165) is 0 Å². The average Bonchev–Trinajstić information content (AvgIpc) is 2.28. The molecular weight excluding hydrogens is 281 g/mol. The predicted octanol–water partition coefficient (Wildman–Crippen LogP) is 5.67. The van der Waals surface area contributed by atoms with Crippen molar-refractivity contribution in [2.45, 2.75) is 0 Å². The monoisotopic (exact) mass is 280 g/mol. The Morgan fingerprint density at radius 1 is 0.875 bits per heavy atom. The number of hydrogen-bond acceptors (Lipinski definition) is 2. The molecular formula is C6Cl3FN6. The molecule has 0 fully saturated rings. The van der Waals surface area contributed by atoms with Gasteiger partial charge in [0.25, 0.3) is 0 Å². The molecule has 0 heterocycles. The maximum Gasteiger partial charge on any atom is 0.161 e. The minimum atomic E-state index is -1.07. The molecule has 0 atom stereocenters. The molecule has 16 heavy (non-hydrogen) atoms. The molecule has 0 aliphatic heterocycles. The van der Waals surface area contributed by atoms with Crippen molar-refractivity contribution in [1.82, 2.24) is 0 Å². The van der Waals surface area contributed by atoms with E-state index in [2.05, 4.69) is 20.1 Å². The third-order valence-corrected chi connectivity index (χ3v) is 2.55. The van der Waals surface area contributed by atoms with E-state index >= 15 is 0 Å². The predicted molar refractivity (Wildman–Crippen MR) is 59.0 cm³/mol. The van der Waals surface area contributed by atoms with E-state index in [0.29, 0.717) is 0 Å². The lowest BCUT2D eigenvalue weighted by Gasteiger charge is -2.07. The Balaban J connectivity index is 3.78. The van der Waals surface area contributed by atoms with E-state index in [1.54, 1.807) is 0 Å². The molecule has 0 N–H and O–H groups in total. The number of benzene rings is 1. The molecule has 0 amide bonds. The minimum absolute atomic E-state index is 0.313. The molecule has 1 aromatic carbocycles. The first-order valence-corrected chi connectivity index (χ1v) is 4.64. The van der Waals surface area contributed by atoms with Crippen LogP contribution in [0.3, 0.4) is 0 Å². The molecule has 1 aromatic rings. The lowest BCUT2D eigenvalue weighted by atomic mass is 10.2. The average molecular weight is 281 g/mol. The highest BCUT2D eigenvalue weighted by Crippen LogP contribution is 2.47. The molecule has 0 aliphatic carbocycles. The fourth-order valence-electron chi connectivity index (χ4n) is 0.874. The summed E-state index contributed by atoms with van der Waals surface area (Å²) in [5, 5.41) is 4.78. The Bertz CT molecular complexity index is 501. The first-order chi connectivity index (χ1) is 7.54. The zero-order valence-corrected chi connectivity index (χ0v) is 9.46. The van der Waals surface area contributed by atoms with E-state index in [1.165, 1.54) is 0 Å². The van der Waals surface area contributed by atoms with Crippen LogP contribution in [-0.2, 0) is 0 Å². The SMILES string of the molecule is [N-]=[N+]=Nc1c(Cl)c(F)c(Cl)c(N=[N+]=[N-])c1Cl. The second-order valence-corrected chi connectivity index (χ2v) is 3.47. The largest absolute Gasteiger partial charge is 0.204 e. The molecule has 0 saturated carbocycles. The van der Waals surface area contributed by atoms with Crippen LogP contribution in [0.4, 0.5) is 15.8 Å². The van der Waals surface area contributed by atoms with Gasteiger partial charge in [0.2, 0.25) is 0 Å². The molecule has 0 aliphatic rings. The van der Waals surface area contributed by atoms with Crippen LogP contribution in [-0.4, -0.2) is 0 Å². The van der Waals surface area contributed by atoms with Gasteiger partial charge in [-0.15, -0.1) is 0 Å². The normalized spacial score (nSPS) is 9.25. The summed E-state index contributed by atoms with van der Waals surface area (Å²) in [6.07, 6.45) is 0. The molecule has 0 spiro atoms. The van der Waals surface area contributed by atoms with Crippen molar-refractivity contribution in [3.63, 3.8) is 0 Å². The third-order valence-electron chi connectivity index (χ3n) is 1.51. The highest BCUT2D eigenvalue weighted by atomic mass is 35.5. The Hall–Kier alpha value is -1.36. The summed E-state index contributed by atoms with van der Waals surface area (Å²) < 4.78 is 13.4. The van der Waals surface area contributed by atoms with E-state index in [-0.39, 0.29) is 16.4 Å². The van der Waals surface area contributed by atoms with Gasteiger partial charge in [0.05, 0.1) is 26.4 Å². The Kier molecular flexibility index (Phi) is 4.06. The fraction of sp³-hybridized carbons (Fsp3) is 0. The number of azide groups is 2. The summed E-state index contributed by atoms with van der Waals surface area (Å²) in [5.41, 5.74) is 15.7. The van der Waals surface area contributed by atoms with Gasteiger partial charge in [-0.3, -0.25) is 0 Å². The molecule has 10 heteroatoms. The van der Waals surface area contributed by atoms with Gasteiger partial charge in [-0.25, -0.2) is 4.39 Å². The standard InChI is InChI=1S/C6Cl3FN6/c7-1-4(10)2(8)6(14-16-12)3(9)5(1)13-15-11. The first-order valence-electron chi connectivity index (χ1n) is 3.50. The zero-order chi connectivity index (χ0) is 12.3. The fourth-order valence-corrected chi connectivity index (χ4v) is 1.74. The van der Waals surface area contributed by atoms with Crippen molar-refractivity contribution in [2.75, 3.05) is 0 Å². The Morgan fingerprint density at radius 2 is 1.25 bits per heavy atom. The second-order valence-electron chi connectivity index (χ2n) is 2.33. The van der Waals surface area contributed by atoms with Crippen LogP contribution in [0.2, 0.25) is 15.1 Å². The van der Waals surface area contributed by atoms with Crippen molar-refractivity contribution in [3.05, 3.63) is 41.8 Å². The van der Waals surface area contributed by atoms with Crippen LogP contribution in [0.25, 0.3) is 20.9 Å². The number of rotatable bonds is 2. The van der Waals surface area contributed by atoms with Gasteiger partial charge in [-0.2, -0.15) is 0 Å². The van der Waals surface area contributed by atoms with Crippen molar-refractivity contribution in [1.29, 1.82) is 0 Å². The van der Waals surface area contributed by atoms with Crippen LogP contribution < -0.4 is 0 Å². The third kappa shape index (κ3) is 2.09. The lowest BCUT2D eigenvalue weighted by molar-refractivity contribution is 0.629. The van der Waals surface area contributed by atoms with Crippen LogP contribution in [0.15, 0.2) is 10.2 Å². The summed E-state index contributed by atoms with van der Waals surface area (Å²) in [6.45, 7) is 0. The van der Waals surface area contributed by atoms with Crippen molar-refractivity contribution in [2.24, 2.45) is 10.2 Å². The van der Waals surface area contributed by atoms with E-state index in [9.17, 15) is 4.39 Å². The van der Waals surface area contributed by atoms with Gasteiger partial charge >= 0.3 is 0 Å². The molecule has 6 nitrogen and oxygen atoms in total. The van der Waals surface area contributed by atoms with E-state index in [4.69, 9.17) is 45.9 Å². The van der Waals surface area contributed by atoms with Gasteiger partial charge in [0.1, 0.15) is 0 Å². The molecule has 0 aromatic heterocycles. The quantitative estimate of drug-likeness (QED) is 0.219. The van der Waals surface area contributed by atoms with E-state index < -0.39 is 15.9 Å². The maximum absolute atomic E-state index is 13.4. The number of hydrogen-bond donors (Lipinski definition) is 0. The van der Waals surface area contributed by atoms with Gasteiger partial charge in [0.15, 0.2) is 5.82 Å². The van der Waals surface area contributed by atoms with Gasteiger partial charge in [0, 0.05) is 9.82 Å². The van der Waals surface area contributed by atoms with Crippen LogP contribution in [0.1, 0.15) is 0 Å². The Morgan fingerprint density at radius 3 is 1.56 bits per heavy atom. The van der Waals surface area contributed by atoms with Gasteiger partial charge in [-0.05, 0) is 11.1 Å². The highest BCUT2D eigenvalue weighted by molar-refractivity contribution is 6.44. The number of halogens is 4. The minimum Gasteiger partial charge on any atom is -0.204 e. The Labute approximate surface area is 103 Å². The summed E-state index contributed by atoms with van der Waals surface area (Å²) in [4.78, 5) is 4.82. The highest BCUT2D eigenvalue weighted by Gasteiger charge is 2.19. The van der Waals surface area contributed by atoms with Crippen molar-refractivity contribution in [3.8, 4) is 0 Å². The molecule has 0 bridgehead atoms. The maximum atomic E-state index is 13.4. The lowest BCUT2D eigenvalue weighted by Crippen LogP contribution is -1.83. The first kappa shape index (κ1) is 12.7. The van der Waals surface area contributed by atoms with Crippen molar-refractivity contribution < 1.29 is 4.39 Å². The number of nitrogens with zero attached hydrogens (tertiary/aromatic N) is 6. The van der Waals surface area contributed by atoms with Crippen LogP contribution >= 0.6 is 34.8 Å². The summed E-state index contributed by atoms with van der Waals surface area (Å²) in [5.74, 6) is -1.07. The molecule has 1 rings (SSSR count). The van der Waals surface area contributed by atoms with Gasteiger partial charge in [-0.1, -0.05) is 45.0 Å². The topological polar surface area (TPSA) is 97.5 Å².